The predicted molar refractivity (Wildman–Crippen MR) is 58.0 cm³/mol. The molecule has 0 saturated carbocycles. The molecule has 1 aliphatic heterocycles. The summed E-state index contributed by atoms with van der Waals surface area (Å²) in [6, 6.07) is 0. The van der Waals surface area contributed by atoms with E-state index in [9.17, 15) is 19.2 Å². The first-order valence-corrected chi connectivity index (χ1v) is 5.19. The number of hydrogen-bond acceptors (Lipinski definition) is 6. The summed E-state index contributed by atoms with van der Waals surface area (Å²) >= 11 is 0. The molecule has 1 rings (SSSR count). The van der Waals surface area contributed by atoms with Gasteiger partial charge in [0, 0.05) is 20.4 Å². The fraction of sp³-hybridized carbons (Fsp3) is 0.455. The number of imide groups is 1. The minimum Gasteiger partial charge on any atom is -0.448 e. The highest BCUT2D eigenvalue weighted by atomic mass is 16.6. The van der Waals surface area contributed by atoms with E-state index >= 15 is 0 Å². The second-order valence-corrected chi connectivity index (χ2v) is 3.64. The second kappa shape index (κ2) is 5.44. The lowest BCUT2D eigenvalue weighted by Crippen LogP contribution is -2.36. The molecule has 0 aromatic carbocycles. The molecular formula is C11H13NO6. The number of ether oxygens (including phenoxy) is 2. The van der Waals surface area contributed by atoms with Crippen LogP contribution in [0.25, 0.3) is 0 Å². The normalized spacial score (nSPS) is 22.9. The quantitative estimate of drug-likeness (QED) is 0.378. The highest BCUT2D eigenvalue weighted by Crippen LogP contribution is 2.20. The van der Waals surface area contributed by atoms with Crippen LogP contribution in [-0.4, -0.2) is 47.4 Å². The first-order chi connectivity index (χ1) is 8.38. The third-order valence-corrected chi connectivity index (χ3v) is 2.19. The summed E-state index contributed by atoms with van der Waals surface area (Å²) in [5.41, 5.74) is 0. The Kier molecular flexibility index (Phi) is 4.19. The SMILES string of the molecule is C=CCN1C(=O)[C@H](OC(C)=O)[C@@H](OC(C)=O)C1=O. The third-order valence-electron chi connectivity index (χ3n) is 2.19. The highest BCUT2D eigenvalue weighted by molar-refractivity contribution is 6.09. The molecule has 0 aromatic rings. The lowest BCUT2D eigenvalue weighted by molar-refractivity contribution is -0.167. The van der Waals surface area contributed by atoms with Gasteiger partial charge in [0.05, 0.1) is 0 Å². The number of rotatable bonds is 4. The van der Waals surface area contributed by atoms with Crippen molar-refractivity contribution in [1.82, 2.24) is 4.90 Å². The van der Waals surface area contributed by atoms with Crippen LogP contribution in [0.4, 0.5) is 0 Å². The van der Waals surface area contributed by atoms with Gasteiger partial charge in [-0.15, -0.1) is 6.58 Å². The topological polar surface area (TPSA) is 90.0 Å². The van der Waals surface area contributed by atoms with E-state index in [1.807, 2.05) is 0 Å². The van der Waals surface area contributed by atoms with E-state index in [-0.39, 0.29) is 6.54 Å². The summed E-state index contributed by atoms with van der Waals surface area (Å²) in [6.45, 7) is 5.56. The van der Waals surface area contributed by atoms with Crippen molar-refractivity contribution in [3.8, 4) is 0 Å². The molecule has 0 N–H and O–H groups in total. The average Bonchev–Trinajstić information content (AvgIpc) is 2.45. The zero-order valence-corrected chi connectivity index (χ0v) is 10.0. The Morgan fingerprint density at radius 1 is 1.17 bits per heavy atom. The van der Waals surface area contributed by atoms with Crippen molar-refractivity contribution >= 4 is 23.8 Å². The van der Waals surface area contributed by atoms with Gasteiger partial charge in [-0.25, -0.2) is 0 Å². The Morgan fingerprint density at radius 3 is 1.83 bits per heavy atom. The molecule has 2 amide bonds. The van der Waals surface area contributed by atoms with E-state index in [0.29, 0.717) is 0 Å². The molecule has 0 spiro atoms. The van der Waals surface area contributed by atoms with Crippen LogP contribution in [0.3, 0.4) is 0 Å². The fourth-order valence-electron chi connectivity index (χ4n) is 1.57. The van der Waals surface area contributed by atoms with E-state index in [1.54, 1.807) is 0 Å². The van der Waals surface area contributed by atoms with Gasteiger partial charge in [0.1, 0.15) is 0 Å². The van der Waals surface area contributed by atoms with Crippen molar-refractivity contribution in [2.24, 2.45) is 0 Å². The second-order valence-electron chi connectivity index (χ2n) is 3.64. The molecule has 1 heterocycles. The lowest BCUT2D eigenvalue weighted by atomic mass is 10.2. The van der Waals surface area contributed by atoms with Crippen LogP contribution in [0.2, 0.25) is 0 Å². The summed E-state index contributed by atoms with van der Waals surface area (Å²) < 4.78 is 9.44. The van der Waals surface area contributed by atoms with Crippen LogP contribution in [-0.2, 0) is 28.7 Å². The number of hydrogen-bond donors (Lipinski definition) is 0. The summed E-state index contributed by atoms with van der Waals surface area (Å²) in [7, 11) is 0. The van der Waals surface area contributed by atoms with Gasteiger partial charge in [-0.3, -0.25) is 24.1 Å². The lowest BCUT2D eigenvalue weighted by Gasteiger charge is -2.14. The van der Waals surface area contributed by atoms with Crippen molar-refractivity contribution in [3.05, 3.63) is 12.7 Å². The minimum absolute atomic E-state index is 0.0345. The van der Waals surface area contributed by atoms with E-state index < -0.39 is 36.0 Å². The Bertz CT molecular complexity index is 382. The monoisotopic (exact) mass is 255 g/mol. The smallest absolute Gasteiger partial charge is 0.303 e. The van der Waals surface area contributed by atoms with Gasteiger partial charge in [0.25, 0.3) is 11.8 Å². The number of likely N-dealkylation sites (tertiary alicyclic amines) is 1. The van der Waals surface area contributed by atoms with Gasteiger partial charge in [-0.1, -0.05) is 6.08 Å². The molecule has 0 bridgehead atoms. The summed E-state index contributed by atoms with van der Waals surface area (Å²) in [4.78, 5) is 46.2. The third kappa shape index (κ3) is 2.73. The molecule has 0 aromatic heterocycles. The van der Waals surface area contributed by atoms with Crippen LogP contribution in [0, 0.1) is 0 Å². The van der Waals surface area contributed by atoms with Crippen LogP contribution in [0.1, 0.15) is 13.8 Å². The highest BCUT2D eigenvalue weighted by Gasteiger charge is 2.51. The van der Waals surface area contributed by atoms with Gasteiger partial charge in [0.2, 0.25) is 12.2 Å². The van der Waals surface area contributed by atoms with Crippen molar-refractivity contribution < 1.29 is 28.7 Å². The molecular weight excluding hydrogens is 242 g/mol. The molecule has 1 saturated heterocycles. The molecule has 2 atom stereocenters. The predicted octanol–water partition coefficient (Wildman–Crippen LogP) is -0.595. The van der Waals surface area contributed by atoms with Crippen molar-refractivity contribution in [2.45, 2.75) is 26.1 Å². The zero-order chi connectivity index (χ0) is 13.9. The molecule has 7 nitrogen and oxygen atoms in total. The number of esters is 2. The first-order valence-electron chi connectivity index (χ1n) is 5.19. The maximum absolute atomic E-state index is 11.8. The Labute approximate surface area is 103 Å². The largest absolute Gasteiger partial charge is 0.448 e. The summed E-state index contributed by atoms with van der Waals surface area (Å²) in [5, 5.41) is 0. The molecule has 7 heteroatoms. The van der Waals surface area contributed by atoms with Gasteiger partial charge in [-0.2, -0.15) is 0 Å². The van der Waals surface area contributed by atoms with Crippen LogP contribution in [0.15, 0.2) is 12.7 Å². The minimum atomic E-state index is -1.42. The van der Waals surface area contributed by atoms with E-state index in [0.717, 1.165) is 18.7 Å². The van der Waals surface area contributed by atoms with E-state index in [2.05, 4.69) is 6.58 Å². The number of carbonyl (C=O) groups excluding carboxylic acids is 4. The maximum atomic E-state index is 11.8. The zero-order valence-electron chi connectivity index (χ0n) is 10.0. The number of amides is 2. The van der Waals surface area contributed by atoms with Gasteiger partial charge < -0.3 is 9.47 Å². The molecule has 18 heavy (non-hydrogen) atoms. The number of carbonyl (C=O) groups is 4. The van der Waals surface area contributed by atoms with Crippen LogP contribution in [0.5, 0.6) is 0 Å². The Balaban J connectivity index is 2.98. The maximum Gasteiger partial charge on any atom is 0.303 e. The Morgan fingerprint density at radius 2 is 1.56 bits per heavy atom. The summed E-state index contributed by atoms with van der Waals surface area (Å²) in [5.74, 6) is -2.92. The van der Waals surface area contributed by atoms with Crippen molar-refractivity contribution in [1.29, 1.82) is 0 Å². The van der Waals surface area contributed by atoms with Crippen molar-refractivity contribution in [3.63, 3.8) is 0 Å². The van der Waals surface area contributed by atoms with Crippen molar-refractivity contribution in [2.75, 3.05) is 6.54 Å². The molecule has 0 unspecified atom stereocenters. The van der Waals surface area contributed by atoms with Gasteiger partial charge in [0.15, 0.2) is 0 Å². The first kappa shape index (κ1) is 13.9. The van der Waals surface area contributed by atoms with E-state index in [4.69, 9.17) is 9.47 Å². The van der Waals surface area contributed by atoms with Gasteiger partial charge >= 0.3 is 11.9 Å². The molecule has 0 radical (unpaired) electrons. The average molecular weight is 255 g/mol. The van der Waals surface area contributed by atoms with Crippen LogP contribution >= 0.6 is 0 Å². The molecule has 1 fully saturated rings. The Hall–Kier alpha value is -2.18. The molecule has 98 valence electrons. The molecule has 0 aliphatic carbocycles. The summed E-state index contributed by atoms with van der Waals surface area (Å²) in [6.07, 6.45) is -1.49. The van der Waals surface area contributed by atoms with Crippen LogP contribution < -0.4 is 0 Å². The fourth-order valence-corrected chi connectivity index (χ4v) is 1.57. The van der Waals surface area contributed by atoms with E-state index in [1.165, 1.54) is 6.08 Å². The van der Waals surface area contributed by atoms with Gasteiger partial charge in [-0.05, 0) is 0 Å². The molecule has 1 aliphatic rings. The standard InChI is InChI=1S/C11H13NO6/c1-4-5-12-10(15)8(17-6(2)13)9(11(12)16)18-7(3)14/h4,8-9H,1,5H2,2-3H3/t8-,9-/m1/s1. The number of nitrogens with zero attached hydrogens (tertiary/aromatic N) is 1.